The molecule has 3 nitrogen and oxygen atoms in total. The average molecular weight is 220 g/mol. The Morgan fingerprint density at radius 3 is 2.71 bits per heavy atom. The standard InChI is InChI=1S/C10H20O3S/c1-2-3-4-10(11)7-9-5-6-14(12,13)8-9/h9-11H,2-8H2,1H3. The summed E-state index contributed by atoms with van der Waals surface area (Å²) < 4.78 is 22.3. The Bertz CT molecular complexity index is 259. The van der Waals surface area contributed by atoms with Crippen LogP contribution in [0.1, 0.15) is 39.0 Å². The van der Waals surface area contributed by atoms with Crippen LogP contribution in [-0.4, -0.2) is 31.1 Å². The van der Waals surface area contributed by atoms with E-state index in [-0.39, 0.29) is 17.8 Å². The molecule has 0 aromatic carbocycles. The zero-order chi connectivity index (χ0) is 10.6. The Labute approximate surface area is 86.4 Å². The lowest BCUT2D eigenvalue weighted by atomic mass is 9.98. The predicted octanol–water partition coefficient (Wildman–Crippen LogP) is 1.36. The molecule has 1 saturated heterocycles. The minimum atomic E-state index is -2.77. The maximum Gasteiger partial charge on any atom is 0.150 e. The second-order valence-electron chi connectivity index (χ2n) is 4.30. The SMILES string of the molecule is CCCCC(O)CC1CCS(=O)(=O)C1. The van der Waals surface area contributed by atoms with Crippen LogP contribution in [0.2, 0.25) is 0 Å². The first-order valence-corrected chi connectivity index (χ1v) is 7.24. The highest BCUT2D eigenvalue weighted by Gasteiger charge is 2.28. The van der Waals surface area contributed by atoms with Gasteiger partial charge in [-0.2, -0.15) is 0 Å². The van der Waals surface area contributed by atoms with Crippen molar-refractivity contribution in [3.8, 4) is 0 Å². The van der Waals surface area contributed by atoms with Gasteiger partial charge in [-0.1, -0.05) is 19.8 Å². The topological polar surface area (TPSA) is 54.4 Å². The van der Waals surface area contributed by atoms with Crippen LogP contribution in [0.4, 0.5) is 0 Å². The normalized spacial score (nSPS) is 27.7. The number of hydrogen-bond donors (Lipinski definition) is 1. The van der Waals surface area contributed by atoms with Crippen molar-refractivity contribution in [2.45, 2.75) is 45.1 Å². The minimum Gasteiger partial charge on any atom is -0.393 e. The highest BCUT2D eigenvalue weighted by molar-refractivity contribution is 7.91. The molecule has 0 amide bonds. The summed E-state index contributed by atoms with van der Waals surface area (Å²) in [5.41, 5.74) is 0. The fourth-order valence-electron chi connectivity index (χ4n) is 2.00. The molecule has 0 spiro atoms. The molecule has 0 radical (unpaired) electrons. The maximum atomic E-state index is 11.2. The van der Waals surface area contributed by atoms with Crippen LogP contribution < -0.4 is 0 Å². The van der Waals surface area contributed by atoms with Crippen LogP contribution in [0.3, 0.4) is 0 Å². The third-order valence-corrected chi connectivity index (χ3v) is 4.66. The number of sulfone groups is 1. The molecule has 0 aromatic heterocycles. The summed E-state index contributed by atoms with van der Waals surface area (Å²) in [4.78, 5) is 0. The second-order valence-corrected chi connectivity index (χ2v) is 6.53. The molecule has 2 unspecified atom stereocenters. The minimum absolute atomic E-state index is 0.201. The summed E-state index contributed by atoms with van der Waals surface area (Å²) in [5, 5.41) is 9.62. The van der Waals surface area contributed by atoms with Crippen molar-refractivity contribution in [2.24, 2.45) is 5.92 Å². The van der Waals surface area contributed by atoms with Crippen molar-refractivity contribution in [1.29, 1.82) is 0 Å². The molecule has 0 aliphatic carbocycles. The summed E-state index contributed by atoms with van der Waals surface area (Å²) in [7, 11) is -2.77. The second kappa shape index (κ2) is 5.12. The number of aliphatic hydroxyl groups is 1. The fourth-order valence-corrected chi connectivity index (χ4v) is 3.88. The lowest BCUT2D eigenvalue weighted by Gasteiger charge is -2.13. The Hall–Kier alpha value is -0.0900. The lowest BCUT2D eigenvalue weighted by Crippen LogP contribution is -2.14. The summed E-state index contributed by atoms with van der Waals surface area (Å²) in [6.07, 6.45) is 4.03. The Morgan fingerprint density at radius 1 is 1.50 bits per heavy atom. The highest BCUT2D eigenvalue weighted by Crippen LogP contribution is 2.24. The Balaban J connectivity index is 2.25. The number of rotatable bonds is 5. The molecule has 0 saturated carbocycles. The van der Waals surface area contributed by atoms with Gasteiger partial charge in [0, 0.05) is 0 Å². The van der Waals surface area contributed by atoms with Gasteiger partial charge in [-0.15, -0.1) is 0 Å². The lowest BCUT2D eigenvalue weighted by molar-refractivity contribution is 0.134. The van der Waals surface area contributed by atoms with Crippen LogP contribution >= 0.6 is 0 Å². The molecule has 1 aliphatic heterocycles. The van der Waals surface area contributed by atoms with Crippen molar-refractivity contribution in [2.75, 3.05) is 11.5 Å². The molecule has 0 aromatic rings. The highest BCUT2D eigenvalue weighted by atomic mass is 32.2. The summed E-state index contributed by atoms with van der Waals surface area (Å²) in [6, 6.07) is 0. The first-order valence-electron chi connectivity index (χ1n) is 5.42. The van der Waals surface area contributed by atoms with Gasteiger partial charge in [0.2, 0.25) is 0 Å². The molecule has 1 heterocycles. The molecule has 2 atom stereocenters. The zero-order valence-corrected chi connectivity index (χ0v) is 9.59. The molecule has 84 valence electrons. The van der Waals surface area contributed by atoms with E-state index in [9.17, 15) is 13.5 Å². The maximum absolute atomic E-state index is 11.2. The van der Waals surface area contributed by atoms with E-state index in [4.69, 9.17) is 0 Å². The van der Waals surface area contributed by atoms with E-state index in [1.54, 1.807) is 0 Å². The van der Waals surface area contributed by atoms with Crippen molar-refractivity contribution in [1.82, 2.24) is 0 Å². The molecule has 1 rings (SSSR count). The number of aliphatic hydroxyl groups excluding tert-OH is 1. The van der Waals surface area contributed by atoms with Crippen molar-refractivity contribution < 1.29 is 13.5 Å². The monoisotopic (exact) mass is 220 g/mol. The van der Waals surface area contributed by atoms with E-state index in [0.717, 1.165) is 25.7 Å². The molecule has 1 N–H and O–H groups in total. The molecule has 14 heavy (non-hydrogen) atoms. The largest absolute Gasteiger partial charge is 0.393 e. The van der Waals surface area contributed by atoms with Crippen LogP contribution in [0.5, 0.6) is 0 Å². The summed E-state index contributed by atoms with van der Waals surface area (Å²) in [6.45, 7) is 2.09. The number of unbranched alkanes of at least 4 members (excludes halogenated alkanes) is 1. The molecule has 4 heteroatoms. The van der Waals surface area contributed by atoms with Gasteiger partial charge in [-0.25, -0.2) is 8.42 Å². The first kappa shape index (κ1) is 12.0. The molecule has 1 fully saturated rings. The van der Waals surface area contributed by atoms with E-state index >= 15 is 0 Å². The van der Waals surface area contributed by atoms with Gasteiger partial charge in [-0.3, -0.25) is 0 Å². The predicted molar refractivity (Wildman–Crippen MR) is 56.9 cm³/mol. The smallest absolute Gasteiger partial charge is 0.150 e. The van der Waals surface area contributed by atoms with Gasteiger partial charge in [0.25, 0.3) is 0 Å². The van der Waals surface area contributed by atoms with E-state index in [1.807, 2.05) is 0 Å². The molecule has 1 aliphatic rings. The van der Waals surface area contributed by atoms with Gasteiger partial charge in [0.05, 0.1) is 17.6 Å². The number of hydrogen-bond acceptors (Lipinski definition) is 3. The average Bonchev–Trinajstić information content (AvgIpc) is 2.42. The van der Waals surface area contributed by atoms with Crippen LogP contribution in [0.25, 0.3) is 0 Å². The van der Waals surface area contributed by atoms with E-state index in [2.05, 4.69) is 6.92 Å². The molecular weight excluding hydrogens is 200 g/mol. The van der Waals surface area contributed by atoms with Crippen LogP contribution in [0, 0.1) is 5.92 Å². The Morgan fingerprint density at radius 2 is 2.21 bits per heavy atom. The third kappa shape index (κ3) is 3.96. The van der Waals surface area contributed by atoms with E-state index in [0.29, 0.717) is 12.2 Å². The van der Waals surface area contributed by atoms with Gasteiger partial charge >= 0.3 is 0 Å². The summed E-state index contributed by atoms with van der Waals surface area (Å²) in [5.74, 6) is 0.806. The van der Waals surface area contributed by atoms with Gasteiger partial charge in [0.15, 0.2) is 9.84 Å². The van der Waals surface area contributed by atoms with Gasteiger partial charge < -0.3 is 5.11 Å². The van der Waals surface area contributed by atoms with Gasteiger partial charge in [-0.05, 0) is 25.2 Å². The third-order valence-electron chi connectivity index (χ3n) is 2.82. The van der Waals surface area contributed by atoms with Gasteiger partial charge in [0.1, 0.15) is 0 Å². The summed E-state index contributed by atoms with van der Waals surface area (Å²) >= 11 is 0. The van der Waals surface area contributed by atoms with E-state index < -0.39 is 9.84 Å². The van der Waals surface area contributed by atoms with Crippen molar-refractivity contribution in [3.63, 3.8) is 0 Å². The molecule has 0 bridgehead atoms. The van der Waals surface area contributed by atoms with E-state index in [1.165, 1.54) is 0 Å². The Kier molecular flexibility index (Phi) is 4.38. The molecular formula is C10H20O3S. The quantitative estimate of drug-likeness (QED) is 0.761. The van der Waals surface area contributed by atoms with Crippen molar-refractivity contribution >= 4 is 9.84 Å². The van der Waals surface area contributed by atoms with Crippen LogP contribution in [-0.2, 0) is 9.84 Å². The fraction of sp³-hybridized carbons (Fsp3) is 1.00. The van der Waals surface area contributed by atoms with Crippen molar-refractivity contribution in [3.05, 3.63) is 0 Å². The first-order chi connectivity index (χ1) is 6.53. The van der Waals surface area contributed by atoms with Crippen LogP contribution in [0.15, 0.2) is 0 Å². The zero-order valence-electron chi connectivity index (χ0n) is 8.78.